The van der Waals surface area contributed by atoms with E-state index in [0.717, 1.165) is 18.8 Å². The first-order chi connectivity index (χ1) is 10.5. The van der Waals surface area contributed by atoms with Crippen molar-refractivity contribution < 1.29 is 4.79 Å². The second kappa shape index (κ2) is 6.27. The van der Waals surface area contributed by atoms with E-state index < -0.39 is 0 Å². The van der Waals surface area contributed by atoms with Gasteiger partial charge in [0.05, 0.1) is 5.54 Å². The molecule has 0 aliphatic carbocycles. The molecular formula is C18H32N4O. The quantitative estimate of drug-likeness (QED) is 0.860. The number of likely N-dealkylation sites (tertiary alicyclic amines) is 1. The molecule has 0 bridgehead atoms. The van der Waals surface area contributed by atoms with Crippen LogP contribution in [0.2, 0.25) is 0 Å². The number of hydrogen-bond donors (Lipinski definition) is 0. The lowest BCUT2D eigenvalue weighted by atomic mass is 10.1. The third-order valence-corrected chi connectivity index (χ3v) is 4.71. The highest BCUT2D eigenvalue weighted by Gasteiger charge is 2.35. The smallest absolute Gasteiger partial charge is 0.274 e. The monoisotopic (exact) mass is 320 g/mol. The Hall–Kier alpha value is -1.36. The van der Waals surface area contributed by atoms with Gasteiger partial charge in [0.1, 0.15) is 0 Å². The molecule has 1 amide bonds. The van der Waals surface area contributed by atoms with E-state index in [4.69, 9.17) is 0 Å². The fourth-order valence-electron chi connectivity index (χ4n) is 3.40. The van der Waals surface area contributed by atoms with Crippen LogP contribution in [0, 0.1) is 5.92 Å². The van der Waals surface area contributed by atoms with Crippen LogP contribution in [-0.2, 0) is 5.54 Å². The number of carbonyl (C=O) groups excluding carboxylic acids is 1. The van der Waals surface area contributed by atoms with Gasteiger partial charge in [-0.2, -0.15) is 5.10 Å². The van der Waals surface area contributed by atoms with Gasteiger partial charge in [-0.3, -0.25) is 9.48 Å². The molecule has 1 fully saturated rings. The van der Waals surface area contributed by atoms with Gasteiger partial charge in [0.2, 0.25) is 0 Å². The zero-order chi connectivity index (χ0) is 17.5. The second-order valence-corrected chi connectivity index (χ2v) is 8.41. The molecule has 1 aliphatic rings. The lowest BCUT2D eigenvalue weighted by Crippen LogP contribution is -2.36. The van der Waals surface area contributed by atoms with E-state index in [2.05, 4.69) is 65.6 Å². The van der Waals surface area contributed by atoms with E-state index in [9.17, 15) is 4.79 Å². The summed E-state index contributed by atoms with van der Waals surface area (Å²) in [5.41, 5.74) is 1.58. The van der Waals surface area contributed by atoms with E-state index in [-0.39, 0.29) is 11.4 Å². The summed E-state index contributed by atoms with van der Waals surface area (Å²) in [5, 5.41) is 4.65. The van der Waals surface area contributed by atoms with Gasteiger partial charge < -0.3 is 9.80 Å². The van der Waals surface area contributed by atoms with Gasteiger partial charge >= 0.3 is 0 Å². The van der Waals surface area contributed by atoms with Gasteiger partial charge in [-0.15, -0.1) is 0 Å². The molecule has 2 rings (SSSR count). The predicted octanol–water partition coefficient (Wildman–Crippen LogP) is 2.78. The fraction of sp³-hybridized carbons (Fsp3) is 0.778. The van der Waals surface area contributed by atoms with Crippen molar-refractivity contribution in [2.45, 2.75) is 59.0 Å². The van der Waals surface area contributed by atoms with E-state index in [0.29, 0.717) is 23.6 Å². The maximum Gasteiger partial charge on any atom is 0.274 e. The Bertz CT molecular complexity index is 568. The summed E-state index contributed by atoms with van der Waals surface area (Å²) in [4.78, 5) is 17.1. The number of nitrogens with zero attached hydrogens (tertiary/aromatic N) is 4. The normalized spacial score (nSPS) is 22.4. The largest absolute Gasteiger partial charge is 0.335 e. The molecule has 0 N–H and O–H groups in total. The van der Waals surface area contributed by atoms with Crippen molar-refractivity contribution in [1.82, 2.24) is 19.6 Å². The molecule has 2 heterocycles. The van der Waals surface area contributed by atoms with Gasteiger partial charge in [0.15, 0.2) is 5.69 Å². The molecular weight excluding hydrogens is 288 g/mol. The van der Waals surface area contributed by atoms with Crippen molar-refractivity contribution in [3.05, 3.63) is 17.5 Å². The predicted molar refractivity (Wildman–Crippen MR) is 93.9 cm³/mol. The summed E-state index contributed by atoms with van der Waals surface area (Å²) in [6.07, 6.45) is 0. The van der Waals surface area contributed by atoms with Gasteiger partial charge in [-0.05, 0) is 52.8 Å². The van der Waals surface area contributed by atoms with Crippen molar-refractivity contribution >= 4 is 5.91 Å². The van der Waals surface area contributed by atoms with Gasteiger partial charge in [-0.1, -0.05) is 20.8 Å². The molecule has 0 aromatic carbocycles. The third-order valence-electron chi connectivity index (χ3n) is 4.71. The summed E-state index contributed by atoms with van der Waals surface area (Å²) in [6, 6.07) is 2.40. The zero-order valence-corrected chi connectivity index (χ0v) is 15.9. The topological polar surface area (TPSA) is 41.4 Å². The van der Waals surface area contributed by atoms with E-state index in [1.54, 1.807) is 0 Å². The van der Waals surface area contributed by atoms with Crippen LogP contribution in [0.25, 0.3) is 0 Å². The van der Waals surface area contributed by atoms with E-state index in [1.807, 2.05) is 15.6 Å². The molecule has 1 aromatic heterocycles. The number of rotatable bonds is 3. The Labute approximate surface area is 140 Å². The minimum atomic E-state index is -0.122. The Balaban J connectivity index is 2.27. The minimum Gasteiger partial charge on any atom is -0.335 e. The molecule has 0 radical (unpaired) electrons. The average molecular weight is 320 g/mol. The van der Waals surface area contributed by atoms with E-state index >= 15 is 0 Å². The van der Waals surface area contributed by atoms with Crippen LogP contribution in [0.4, 0.5) is 0 Å². The summed E-state index contributed by atoms with van der Waals surface area (Å²) >= 11 is 0. The SMILES string of the molecule is CC(C)c1cc(C(=O)N2C[C@H](C)[C@@H](N(C)C)C2)nn1C(C)(C)C. The molecule has 0 unspecified atom stereocenters. The molecule has 1 aromatic rings. The van der Waals surface area contributed by atoms with Crippen LogP contribution < -0.4 is 0 Å². The van der Waals surface area contributed by atoms with Crippen molar-refractivity contribution in [2.75, 3.05) is 27.2 Å². The Morgan fingerprint density at radius 1 is 1.30 bits per heavy atom. The van der Waals surface area contributed by atoms with Crippen molar-refractivity contribution in [1.29, 1.82) is 0 Å². The Morgan fingerprint density at radius 2 is 1.91 bits per heavy atom. The Morgan fingerprint density at radius 3 is 2.30 bits per heavy atom. The van der Waals surface area contributed by atoms with Crippen LogP contribution >= 0.6 is 0 Å². The van der Waals surface area contributed by atoms with Crippen molar-refractivity contribution in [2.24, 2.45) is 5.92 Å². The standard InChI is InChI=1S/C18H32N4O/c1-12(2)15-9-14(19-22(15)18(4,5)6)17(23)21-10-13(3)16(11-21)20(7)8/h9,12-13,16H,10-11H2,1-8H3/t13-,16-/m0/s1. The van der Waals surface area contributed by atoms with Gasteiger partial charge in [-0.25, -0.2) is 0 Å². The highest BCUT2D eigenvalue weighted by Crippen LogP contribution is 2.26. The van der Waals surface area contributed by atoms with Crippen LogP contribution in [0.15, 0.2) is 6.07 Å². The molecule has 5 nitrogen and oxygen atoms in total. The van der Waals surface area contributed by atoms with Crippen molar-refractivity contribution in [3.63, 3.8) is 0 Å². The van der Waals surface area contributed by atoms with Gasteiger partial charge in [0.25, 0.3) is 5.91 Å². The summed E-state index contributed by atoms with van der Waals surface area (Å²) < 4.78 is 2.01. The molecule has 0 spiro atoms. The maximum absolute atomic E-state index is 12.9. The number of aromatic nitrogens is 2. The first-order valence-electron chi connectivity index (χ1n) is 8.58. The molecule has 5 heteroatoms. The molecule has 130 valence electrons. The lowest BCUT2D eigenvalue weighted by molar-refractivity contribution is 0.0774. The van der Waals surface area contributed by atoms with Crippen LogP contribution in [0.5, 0.6) is 0 Å². The van der Waals surface area contributed by atoms with Crippen molar-refractivity contribution in [3.8, 4) is 0 Å². The third kappa shape index (κ3) is 3.60. The maximum atomic E-state index is 12.9. The molecule has 1 saturated heterocycles. The lowest BCUT2D eigenvalue weighted by Gasteiger charge is -2.24. The van der Waals surface area contributed by atoms with Crippen LogP contribution in [0.1, 0.15) is 63.6 Å². The average Bonchev–Trinajstić information content (AvgIpc) is 3.00. The first kappa shape index (κ1) is 18.0. The number of amides is 1. The molecule has 1 aliphatic heterocycles. The number of hydrogen-bond acceptors (Lipinski definition) is 3. The zero-order valence-electron chi connectivity index (χ0n) is 15.9. The van der Waals surface area contributed by atoms with Crippen LogP contribution in [0.3, 0.4) is 0 Å². The fourth-order valence-corrected chi connectivity index (χ4v) is 3.40. The summed E-state index contributed by atoms with van der Waals surface area (Å²) in [6.45, 7) is 14.5. The number of likely N-dealkylation sites (N-methyl/N-ethyl adjacent to an activating group) is 1. The molecule has 2 atom stereocenters. The van der Waals surface area contributed by atoms with Crippen LogP contribution in [-0.4, -0.2) is 58.7 Å². The second-order valence-electron chi connectivity index (χ2n) is 8.41. The Kier molecular flexibility index (Phi) is 4.90. The molecule has 0 saturated carbocycles. The molecule has 23 heavy (non-hydrogen) atoms. The highest BCUT2D eigenvalue weighted by atomic mass is 16.2. The van der Waals surface area contributed by atoms with Gasteiger partial charge in [0, 0.05) is 24.8 Å². The van der Waals surface area contributed by atoms with E-state index in [1.165, 1.54) is 0 Å². The highest BCUT2D eigenvalue weighted by molar-refractivity contribution is 5.92. The summed E-state index contributed by atoms with van der Waals surface area (Å²) in [5.74, 6) is 0.893. The minimum absolute atomic E-state index is 0.0612. The summed E-state index contributed by atoms with van der Waals surface area (Å²) in [7, 11) is 4.17. The first-order valence-corrected chi connectivity index (χ1v) is 8.58. The number of carbonyl (C=O) groups is 1.